The SMILES string of the molecule is Nc1ccc2c(c1)CCC2(O)c1cccc2cccnc12. The Morgan fingerprint density at radius 1 is 1.05 bits per heavy atom. The van der Waals surface area contributed by atoms with Crippen LogP contribution in [0, 0.1) is 0 Å². The molecule has 21 heavy (non-hydrogen) atoms. The van der Waals surface area contributed by atoms with Gasteiger partial charge >= 0.3 is 0 Å². The van der Waals surface area contributed by atoms with Crippen LogP contribution in [0.2, 0.25) is 0 Å². The topological polar surface area (TPSA) is 59.1 Å². The van der Waals surface area contributed by atoms with Crippen LogP contribution in [-0.4, -0.2) is 10.1 Å². The summed E-state index contributed by atoms with van der Waals surface area (Å²) < 4.78 is 0. The van der Waals surface area contributed by atoms with Crippen LogP contribution in [-0.2, 0) is 12.0 Å². The highest BCUT2D eigenvalue weighted by atomic mass is 16.3. The minimum absolute atomic E-state index is 0.668. The van der Waals surface area contributed by atoms with Gasteiger partial charge in [0.2, 0.25) is 0 Å². The molecule has 4 rings (SSSR count). The smallest absolute Gasteiger partial charge is 0.117 e. The molecule has 1 aliphatic rings. The first-order chi connectivity index (χ1) is 10.2. The van der Waals surface area contributed by atoms with Crippen molar-refractivity contribution in [1.82, 2.24) is 4.98 Å². The number of hydrogen-bond donors (Lipinski definition) is 2. The van der Waals surface area contributed by atoms with Crippen molar-refractivity contribution in [3.63, 3.8) is 0 Å². The summed E-state index contributed by atoms with van der Waals surface area (Å²) in [6.07, 6.45) is 3.27. The number of pyridine rings is 1. The summed E-state index contributed by atoms with van der Waals surface area (Å²) in [4.78, 5) is 4.48. The molecule has 0 radical (unpaired) electrons. The predicted molar refractivity (Wildman–Crippen MR) is 83.9 cm³/mol. The summed E-state index contributed by atoms with van der Waals surface area (Å²) in [5, 5.41) is 12.4. The number of aliphatic hydroxyl groups is 1. The second-order valence-corrected chi connectivity index (χ2v) is 5.66. The standard InChI is InChI=1S/C18H16N2O/c19-14-6-7-15-13(11-14)8-9-18(15,21)16-5-1-3-12-4-2-10-20-17(12)16/h1-7,10-11,21H,8-9,19H2. The lowest BCUT2D eigenvalue weighted by molar-refractivity contribution is 0.0843. The fraction of sp³-hybridized carbons (Fsp3) is 0.167. The zero-order chi connectivity index (χ0) is 14.4. The van der Waals surface area contributed by atoms with Crippen molar-refractivity contribution in [2.45, 2.75) is 18.4 Å². The molecule has 0 fully saturated rings. The maximum absolute atomic E-state index is 11.3. The van der Waals surface area contributed by atoms with Gasteiger partial charge in [-0.25, -0.2) is 0 Å². The normalized spacial score (nSPS) is 20.6. The van der Waals surface area contributed by atoms with E-state index in [4.69, 9.17) is 5.73 Å². The highest BCUT2D eigenvalue weighted by molar-refractivity contribution is 5.83. The fourth-order valence-electron chi connectivity index (χ4n) is 3.39. The van der Waals surface area contributed by atoms with Crippen molar-refractivity contribution in [2.75, 3.05) is 5.73 Å². The van der Waals surface area contributed by atoms with Crippen LogP contribution >= 0.6 is 0 Å². The van der Waals surface area contributed by atoms with Gasteiger partial charge in [-0.05, 0) is 42.2 Å². The van der Waals surface area contributed by atoms with Gasteiger partial charge in [-0.3, -0.25) is 4.98 Å². The largest absolute Gasteiger partial charge is 0.399 e. The average Bonchev–Trinajstić information content (AvgIpc) is 2.84. The minimum atomic E-state index is -0.975. The van der Waals surface area contributed by atoms with Gasteiger partial charge in [-0.2, -0.15) is 0 Å². The predicted octanol–water partition coefficient (Wildman–Crippen LogP) is 3.00. The minimum Gasteiger partial charge on any atom is -0.399 e. The Hall–Kier alpha value is -2.39. The summed E-state index contributed by atoms with van der Waals surface area (Å²) >= 11 is 0. The molecule has 1 atom stereocenters. The zero-order valence-corrected chi connectivity index (χ0v) is 11.6. The van der Waals surface area contributed by atoms with Gasteiger partial charge in [0.25, 0.3) is 0 Å². The number of anilines is 1. The lowest BCUT2D eigenvalue weighted by Crippen LogP contribution is -2.24. The third kappa shape index (κ3) is 1.74. The molecule has 1 aliphatic carbocycles. The van der Waals surface area contributed by atoms with Gasteiger partial charge in [0.05, 0.1) is 5.52 Å². The second-order valence-electron chi connectivity index (χ2n) is 5.66. The summed E-state index contributed by atoms with van der Waals surface area (Å²) in [6.45, 7) is 0. The molecule has 2 aromatic carbocycles. The maximum atomic E-state index is 11.3. The number of para-hydroxylation sites is 1. The summed E-state index contributed by atoms with van der Waals surface area (Å²) in [6, 6.07) is 15.7. The van der Waals surface area contributed by atoms with E-state index in [2.05, 4.69) is 4.98 Å². The Bertz CT molecular complexity index is 838. The number of aryl methyl sites for hydroxylation is 1. The molecule has 1 heterocycles. The number of hydrogen-bond acceptors (Lipinski definition) is 3. The molecule has 0 bridgehead atoms. The zero-order valence-electron chi connectivity index (χ0n) is 11.6. The van der Waals surface area contributed by atoms with Gasteiger partial charge in [0, 0.05) is 22.8 Å². The molecule has 3 nitrogen and oxygen atoms in total. The Morgan fingerprint density at radius 2 is 1.90 bits per heavy atom. The van der Waals surface area contributed by atoms with E-state index in [1.54, 1.807) is 6.20 Å². The number of aromatic nitrogens is 1. The van der Waals surface area contributed by atoms with E-state index in [1.807, 2.05) is 48.5 Å². The van der Waals surface area contributed by atoms with E-state index in [0.29, 0.717) is 6.42 Å². The molecule has 0 saturated carbocycles. The summed E-state index contributed by atoms with van der Waals surface area (Å²) in [5.74, 6) is 0. The third-order valence-electron chi connectivity index (χ3n) is 4.41. The lowest BCUT2D eigenvalue weighted by Gasteiger charge is -2.25. The molecule has 1 unspecified atom stereocenters. The van der Waals surface area contributed by atoms with Crippen molar-refractivity contribution in [3.8, 4) is 0 Å². The highest BCUT2D eigenvalue weighted by Crippen LogP contribution is 2.44. The van der Waals surface area contributed by atoms with E-state index in [0.717, 1.165) is 39.7 Å². The number of rotatable bonds is 1. The van der Waals surface area contributed by atoms with E-state index < -0.39 is 5.60 Å². The number of nitrogens with zero attached hydrogens (tertiary/aromatic N) is 1. The third-order valence-corrected chi connectivity index (χ3v) is 4.41. The Kier molecular flexibility index (Phi) is 2.53. The molecule has 3 N–H and O–H groups in total. The molecule has 1 aromatic heterocycles. The second kappa shape index (κ2) is 4.30. The van der Waals surface area contributed by atoms with Crippen molar-refractivity contribution >= 4 is 16.6 Å². The van der Waals surface area contributed by atoms with Crippen LogP contribution in [0.15, 0.2) is 54.7 Å². The van der Waals surface area contributed by atoms with Crippen molar-refractivity contribution in [2.24, 2.45) is 0 Å². The van der Waals surface area contributed by atoms with Crippen LogP contribution < -0.4 is 5.73 Å². The van der Waals surface area contributed by atoms with Crippen molar-refractivity contribution < 1.29 is 5.11 Å². The first-order valence-corrected chi connectivity index (χ1v) is 7.14. The van der Waals surface area contributed by atoms with E-state index in [1.165, 1.54) is 0 Å². The van der Waals surface area contributed by atoms with Gasteiger partial charge < -0.3 is 10.8 Å². The molecule has 0 aliphatic heterocycles. The number of benzene rings is 2. The summed E-state index contributed by atoms with van der Waals surface area (Å²) in [7, 11) is 0. The van der Waals surface area contributed by atoms with E-state index >= 15 is 0 Å². The Labute approximate surface area is 123 Å². The van der Waals surface area contributed by atoms with Gasteiger partial charge in [-0.15, -0.1) is 0 Å². The summed E-state index contributed by atoms with van der Waals surface area (Å²) in [5.41, 5.74) is 9.45. The van der Waals surface area contributed by atoms with E-state index in [9.17, 15) is 5.11 Å². The average molecular weight is 276 g/mol. The monoisotopic (exact) mass is 276 g/mol. The van der Waals surface area contributed by atoms with Gasteiger partial charge in [0.15, 0.2) is 0 Å². The lowest BCUT2D eigenvalue weighted by atomic mass is 9.86. The van der Waals surface area contributed by atoms with E-state index in [-0.39, 0.29) is 0 Å². The first-order valence-electron chi connectivity index (χ1n) is 7.14. The highest BCUT2D eigenvalue weighted by Gasteiger charge is 2.39. The fourth-order valence-corrected chi connectivity index (χ4v) is 3.39. The van der Waals surface area contributed by atoms with Gasteiger partial charge in [0.1, 0.15) is 5.60 Å². The number of nitrogens with two attached hydrogens (primary N) is 1. The Morgan fingerprint density at radius 3 is 2.81 bits per heavy atom. The van der Waals surface area contributed by atoms with Crippen LogP contribution in [0.4, 0.5) is 5.69 Å². The molecule has 3 heteroatoms. The molecule has 3 aromatic rings. The van der Waals surface area contributed by atoms with Crippen LogP contribution in [0.3, 0.4) is 0 Å². The molecule has 104 valence electrons. The molecular formula is C18H16N2O. The molecule has 0 saturated heterocycles. The Balaban J connectivity index is 1.98. The maximum Gasteiger partial charge on any atom is 0.117 e. The number of nitrogen functional groups attached to an aromatic ring is 1. The molecule has 0 amide bonds. The van der Waals surface area contributed by atoms with Crippen molar-refractivity contribution in [3.05, 3.63) is 71.4 Å². The van der Waals surface area contributed by atoms with Crippen LogP contribution in [0.1, 0.15) is 23.1 Å². The number of fused-ring (bicyclic) bond motifs is 2. The first kappa shape index (κ1) is 12.4. The molecule has 0 spiro atoms. The van der Waals surface area contributed by atoms with Crippen LogP contribution in [0.5, 0.6) is 0 Å². The van der Waals surface area contributed by atoms with Crippen molar-refractivity contribution in [1.29, 1.82) is 0 Å². The molecular weight excluding hydrogens is 260 g/mol. The van der Waals surface area contributed by atoms with Crippen LogP contribution in [0.25, 0.3) is 10.9 Å². The quantitative estimate of drug-likeness (QED) is 0.672. The van der Waals surface area contributed by atoms with Gasteiger partial charge in [-0.1, -0.05) is 30.3 Å².